The molecule has 2 aromatic rings. The third-order valence-electron chi connectivity index (χ3n) is 2.80. The lowest BCUT2D eigenvalue weighted by atomic mass is 10.00. The molecular weight excluding hydrogens is 380 g/mol. The molecule has 5 heteroatoms. The number of benzene rings is 2. The maximum atomic E-state index is 13.1. The van der Waals surface area contributed by atoms with Crippen molar-refractivity contribution in [2.45, 2.75) is 12.5 Å². The highest BCUT2D eigenvalue weighted by atomic mass is 79.9. The van der Waals surface area contributed by atoms with Crippen molar-refractivity contribution < 1.29 is 8.78 Å². The minimum Gasteiger partial charge on any atom is -0.324 e. The van der Waals surface area contributed by atoms with E-state index in [0.29, 0.717) is 12.0 Å². The Morgan fingerprint density at radius 3 is 2.42 bits per heavy atom. The second-order valence-corrected chi connectivity index (χ2v) is 5.99. The SMILES string of the molecule is NC(Cc1ccc(F)c(F)c1)c1cc(Br)ccc1Br. The first-order chi connectivity index (χ1) is 8.97. The fraction of sp³-hybridized carbons (Fsp3) is 0.143. The summed E-state index contributed by atoms with van der Waals surface area (Å²) in [6.45, 7) is 0. The molecule has 1 unspecified atom stereocenters. The van der Waals surface area contributed by atoms with Crippen LogP contribution in [0, 0.1) is 11.6 Å². The normalized spacial score (nSPS) is 12.5. The van der Waals surface area contributed by atoms with Crippen LogP contribution in [-0.2, 0) is 6.42 Å². The quantitative estimate of drug-likeness (QED) is 0.805. The van der Waals surface area contributed by atoms with Gasteiger partial charge in [-0.2, -0.15) is 0 Å². The van der Waals surface area contributed by atoms with E-state index in [9.17, 15) is 8.78 Å². The van der Waals surface area contributed by atoms with Gasteiger partial charge in [-0.15, -0.1) is 0 Å². The molecule has 0 saturated carbocycles. The van der Waals surface area contributed by atoms with E-state index in [0.717, 1.165) is 20.6 Å². The Hall–Kier alpha value is -0.780. The second-order valence-electron chi connectivity index (χ2n) is 4.22. The first-order valence-corrected chi connectivity index (χ1v) is 7.20. The van der Waals surface area contributed by atoms with Crippen LogP contribution in [0.2, 0.25) is 0 Å². The van der Waals surface area contributed by atoms with Crippen LogP contribution in [0.3, 0.4) is 0 Å². The van der Waals surface area contributed by atoms with Crippen LogP contribution in [0.15, 0.2) is 45.3 Å². The van der Waals surface area contributed by atoms with Crippen LogP contribution in [0.25, 0.3) is 0 Å². The molecule has 0 bridgehead atoms. The number of hydrogen-bond acceptors (Lipinski definition) is 1. The molecule has 0 aliphatic heterocycles. The fourth-order valence-electron chi connectivity index (χ4n) is 1.83. The van der Waals surface area contributed by atoms with E-state index >= 15 is 0 Å². The van der Waals surface area contributed by atoms with Crippen molar-refractivity contribution in [3.8, 4) is 0 Å². The van der Waals surface area contributed by atoms with E-state index in [1.807, 2.05) is 18.2 Å². The molecule has 19 heavy (non-hydrogen) atoms. The van der Waals surface area contributed by atoms with Gasteiger partial charge in [0.1, 0.15) is 0 Å². The highest BCUT2D eigenvalue weighted by Gasteiger charge is 2.12. The van der Waals surface area contributed by atoms with Crippen LogP contribution >= 0.6 is 31.9 Å². The van der Waals surface area contributed by atoms with Crippen molar-refractivity contribution >= 4 is 31.9 Å². The lowest BCUT2D eigenvalue weighted by molar-refractivity contribution is 0.506. The van der Waals surface area contributed by atoms with Gasteiger partial charge in [0.05, 0.1) is 0 Å². The standard InChI is InChI=1S/C14H11Br2F2N/c15-9-2-3-11(16)10(7-9)14(19)6-8-1-4-12(17)13(18)5-8/h1-5,7,14H,6,19H2. The van der Waals surface area contributed by atoms with Crippen molar-refractivity contribution in [2.75, 3.05) is 0 Å². The van der Waals surface area contributed by atoms with Gasteiger partial charge in [0.25, 0.3) is 0 Å². The summed E-state index contributed by atoms with van der Waals surface area (Å²) in [4.78, 5) is 0. The van der Waals surface area contributed by atoms with Gasteiger partial charge in [0, 0.05) is 15.0 Å². The number of rotatable bonds is 3. The highest BCUT2D eigenvalue weighted by Crippen LogP contribution is 2.28. The van der Waals surface area contributed by atoms with E-state index in [2.05, 4.69) is 31.9 Å². The largest absolute Gasteiger partial charge is 0.324 e. The van der Waals surface area contributed by atoms with Crippen molar-refractivity contribution in [3.63, 3.8) is 0 Å². The Morgan fingerprint density at radius 2 is 1.74 bits per heavy atom. The van der Waals surface area contributed by atoms with E-state index in [1.54, 1.807) is 6.07 Å². The maximum Gasteiger partial charge on any atom is 0.159 e. The summed E-state index contributed by atoms with van der Waals surface area (Å²) in [6.07, 6.45) is 0.437. The number of hydrogen-bond donors (Lipinski definition) is 1. The molecular formula is C14H11Br2F2N. The van der Waals surface area contributed by atoms with Crippen LogP contribution in [0.5, 0.6) is 0 Å². The summed E-state index contributed by atoms with van der Waals surface area (Å²) < 4.78 is 27.8. The molecule has 2 aromatic carbocycles. The Kier molecular flexibility index (Phi) is 4.71. The molecule has 0 aliphatic carbocycles. The molecule has 100 valence electrons. The molecule has 0 aliphatic rings. The minimum atomic E-state index is -0.849. The van der Waals surface area contributed by atoms with E-state index < -0.39 is 11.6 Å². The van der Waals surface area contributed by atoms with Gasteiger partial charge in [0.15, 0.2) is 11.6 Å². The number of nitrogens with two attached hydrogens (primary N) is 1. The average Bonchev–Trinajstić information content (AvgIpc) is 2.36. The van der Waals surface area contributed by atoms with Crippen LogP contribution in [0.1, 0.15) is 17.2 Å². The highest BCUT2D eigenvalue weighted by molar-refractivity contribution is 9.11. The molecule has 1 nitrogen and oxygen atoms in total. The maximum absolute atomic E-state index is 13.1. The van der Waals surface area contributed by atoms with Crippen LogP contribution < -0.4 is 5.73 Å². The third-order valence-corrected chi connectivity index (χ3v) is 4.01. The Balaban J connectivity index is 2.22. The molecule has 0 radical (unpaired) electrons. The molecule has 0 heterocycles. The molecule has 0 saturated heterocycles. The zero-order chi connectivity index (χ0) is 14.0. The van der Waals surface area contributed by atoms with Crippen molar-refractivity contribution in [1.82, 2.24) is 0 Å². The van der Waals surface area contributed by atoms with Gasteiger partial charge in [-0.3, -0.25) is 0 Å². The van der Waals surface area contributed by atoms with Crippen molar-refractivity contribution in [1.29, 1.82) is 0 Å². The van der Waals surface area contributed by atoms with Gasteiger partial charge < -0.3 is 5.73 Å². The first kappa shape index (κ1) is 14.6. The predicted octanol–water partition coefficient (Wildman–Crippen LogP) is 4.73. The average molecular weight is 391 g/mol. The zero-order valence-corrected chi connectivity index (χ0v) is 13.0. The third kappa shape index (κ3) is 3.61. The molecule has 0 aromatic heterocycles. The Morgan fingerprint density at radius 1 is 1.00 bits per heavy atom. The topological polar surface area (TPSA) is 26.0 Å². The van der Waals surface area contributed by atoms with Gasteiger partial charge in [0.2, 0.25) is 0 Å². The molecule has 0 fully saturated rings. The molecule has 0 amide bonds. The lowest BCUT2D eigenvalue weighted by Crippen LogP contribution is -2.14. The predicted molar refractivity (Wildman–Crippen MR) is 78.8 cm³/mol. The Bertz CT molecular complexity index is 602. The van der Waals surface area contributed by atoms with Gasteiger partial charge in [-0.1, -0.05) is 37.9 Å². The molecule has 2 rings (SSSR count). The summed E-state index contributed by atoms with van der Waals surface area (Å²) >= 11 is 6.82. The van der Waals surface area contributed by atoms with Gasteiger partial charge >= 0.3 is 0 Å². The van der Waals surface area contributed by atoms with E-state index in [-0.39, 0.29) is 6.04 Å². The van der Waals surface area contributed by atoms with Crippen molar-refractivity contribution in [2.24, 2.45) is 5.73 Å². The molecule has 1 atom stereocenters. The molecule has 0 spiro atoms. The smallest absolute Gasteiger partial charge is 0.159 e. The van der Waals surface area contributed by atoms with Crippen molar-refractivity contribution in [3.05, 3.63) is 68.1 Å². The Labute approximate surface area is 127 Å². The van der Waals surface area contributed by atoms with E-state index in [4.69, 9.17) is 5.73 Å². The molecule has 2 N–H and O–H groups in total. The summed E-state index contributed by atoms with van der Waals surface area (Å²) in [6, 6.07) is 9.26. The summed E-state index contributed by atoms with van der Waals surface area (Å²) in [7, 11) is 0. The monoisotopic (exact) mass is 389 g/mol. The lowest BCUT2D eigenvalue weighted by Gasteiger charge is -2.14. The zero-order valence-electron chi connectivity index (χ0n) is 9.84. The first-order valence-electron chi connectivity index (χ1n) is 5.62. The van der Waals surface area contributed by atoms with E-state index in [1.165, 1.54) is 6.07 Å². The summed E-state index contributed by atoms with van der Waals surface area (Å²) in [5, 5.41) is 0. The van der Waals surface area contributed by atoms with Gasteiger partial charge in [-0.05, 0) is 47.9 Å². The second kappa shape index (κ2) is 6.11. The summed E-state index contributed by atoms with van der Waals surface area (Å²) in [5.74, 6) is -1.70. The minimum absolute atomic E-state index is 0.295. The summed E-state index contributed by atoms with van der Waals surface area (Å²) in [5.41, 5.74) is 7.70. The van der Waals surface area contributed by atoms with Crippen LogP contribution in [0.4, 0.5) is 8.78 Å². The fourth-order valence-corrected chi connectivity index (χ4v) is 2.75. The van der Waals surface area contributed by atoms with Gasteiger partial charge in [-0.25, -0.2) is 8.78 Å². The number of halogens is 4. The van der Waals surface area contributed by atoms with Crippen LogP contribution in [-0.4, -0.2) is 0 Å².